The van der Waals surface area contributed by atoms with Gasteiger partial charge in [0, 0.05) is 6.42 Å². The number of aliphatic hydroxyl groups excluding tert-OH is 1. The van der Waals surface area contributed by atoms with Crippen molar-refractivity contribution in [1.82, 2.24) is 16.0 Å². The second-order valence-corrected chi connectivity index (χ2v) is 7.01. The second kappa shape index (κ2) is 13.1. The fourth-order valence-electron chi connectivity index (χ4n) is 2.31. The zero-order valence-electron chi connectivity index (χ0n) is 17.0. The number of aliphatic carboxylic acids is 3. The van der Waals surface area contributed by atoms with E-state index in [9.17, 15) is 33.9 Å². The van der Waals surface area contributed by atoms with Gasteiger partial charge in [-0.15, -0.1) is 0 Å². The predicted molar refractivity (Wildman–Crippen MR) is 102 cm³/mol. The molecule has 4 atom stereocenters. The van der Waals surface area contributed by atoms with Crippen molar-refractivity contribution in [2.45, 2.75) is 57.3 Å². The van der Waals surface area contributed by atoms with Gasteiger partial charge >= 0.3 is 17.9 Å². The first kappa shape index (κ1) is 27.7. The number of carbonyl (C=O) groups excluding carboxylic acids is 3. The van der Waals surface area contributed by atoms with Crippen LogP contribution in [-0.4, -0.2) is 86.8 Å². The van der Waals surface area contributed by atoms with Crippen LogP contribution in [0.2, 0.25) is 0 Å². The van der Waals surface area contributed by atoms with Gasteiger partial charge in [-0.3, -0.25) is 24.0 Å². The van der Waals surface area contributed by atoms with Gasteiger partial charge in [0.15, 0.2) is 0 Å². The Balaban J connectivity index is 5.23. The molecule has 0 aliphatic rings. The molecule has 0 aromatic heterocycles. The van der Waals surface area contributed by atoms with Gasteiger partial charge in [0.1, 0.15) is 18.1 Å². The van der Waals surface area contributed by atoms with Crippen LogP contribution >= 0.6 is 0 Å². The number of carbonyl (C=O) groups is 6. The first-order valence-electron chi connectivity index (χ1n) is 9.24. The van der Waals surface area contributed by atoms with Gasteiger partial charge in [-0.2, -0.15) is 0 Å². The Hall–Kier alpha value is -3.26. The van der Waals surface area contributed by atoms with Gasteiger partial charge < -0.3 is 42.1 Å². The maximum Gasteiger partial charge on any atom is 0.326 e. The van der Waals surface area contributed by atoms with Crippen molar-refractivity contribution in [1.29, 1.82) is 0 Å². The summed E-state index contributed by atoms with van der Waals surface area (Å²) in [5, 5.41) is 42.3. The van der Waals surface area contributed by atoms with Crippen LogP contribution in [0.1, 0.15) is 33.1 Å². The summed E-state index contributed by atoms with van der Waals surface area (Å²) in [5.74, 6) is -7.72. The highest BCUT2D eigenvalue weighted by Crippen LogP contribution is 2.04. The molecular weight excluding hydrogens is 420 g/mol. The summed E-state index contributed by atoms with van der Waals surface area (Å²) in [4.78, 5) is 69.5. The molecule has 176 valence electrons. The smallest absolute Gasteiger partial charge is 0.326 e. The minimum Gasteiger partial charge on any atom is -0.481 e. The van der Waals surface area contributed by atoms with Crippen LogP contribution in [0.15, 0.2) is 0 Å². The first-order valence-corrected chi connectivity index (χ1v) is 9.24. The van der Waals surface area contributed by atoms with E-state index in [0.717, 1.165) is 0 Å². The van der Waals surface area contributed by atoms with Crippen molar-refractivity contribution in [3.63, 3.8) is 0 Å². The van der Waals surface area contributed by atoms with Gasteiger partial charge in [0.05, 0.1) is 19.1 Å². The van der Waals surface area contributed by atoms with E-state index in [0.29, 0.717) is 0 Å². The number of aliphatic hydroxyl groups is 1. The van der Waals surface area contributed by atoms with Crippen molar-refractivity contribution in [2.75, 3.05) is 6.61 Å². The zero-order chi connectivity index (χ0) is 24.3. The van der Waals surface area contributed by atoms with Gasteiger partial charge in [-0.1, -0.05) is 13.8 Å². The van der Waals surface area contributed by atoms with Crippen LogP contribution in [0, 0.1) is 5.92 Å². The van der Waals surface area contributed by atoms with Crippen LogP contribution in [0.25, 0.3) is 0 Å². The van der Waals surface area contributed by atoms with E-state index < -0.39 is 85.2 Å². The molecule has 0 aliphatic heterocycles. The molecule has 14 heteroatoms. The third-order valence-electron chi connectivity index (χ3n) is 4.06. The molecule has 0 radical (unpaired) electrons. The number of carboxylic acids is 3. The number of nitrogens with two attached hydrogens (primary N) is 1. The molecule has 0 saturated heterocycles. The number of rotatable bonds is 14. The molecule has 31 heavy (non-hydrogen) atoms. The number of nitrogens with one attached hydrogen (secondary N) is 3. The molecule has 0 aromatic rings. The maximum atomic E-state index is 12.3. The third-order valence-corrected chi connectivity index (χ3v) is 4.06. The summed E-state index contributed by atoms with van der Waals surface area (Å²) in [6, 6.07) is -5.95. The Kier molecular flexibility index (Phi) is 11.7. The summed E-state index contributed by atoms with van der Waals surface area (Å²) in [7, 11) is 0. The lowest BCUT2D eigenvalue weighted by Crippen LogP contribution is -2.58. The minimum absolute atomic E-state index is 0.239. The predicted octanol–water partition coefficient (Wildman–Crippen LogP) is -3.16. The van der Waals surface area contributed by atoms with Crippen molar-refractivity contribution in [2.24, 2.45) is 11.7 Å². The fourth-order valence-corrected chi connectivity index (χ4v) is 2.31. The van der Waals surface area contributed by atoms with Crippen LogP contribution in [-0.2, 0) is 28.8 Å². The standard InChI is InChI=1S/C17H28N4O10/c1-7(2)13(17(30)31)21-15(28)9(5-12(25)26)19-16(29)10(6-22)20-14(27)8(18)3-4-11(23)24/h7-10,13,22H,3-6,18H2,1-2H3,(H,19,29)(H,20,27)(H,21,28)(H,23,24)(H,25,26)(H,30,31)/t8-,9-,10-,13-/m0/s1. The summed E-state index contributed by atoms with van der Waals surface area (Å²) >= 11 is 0. The molecular formula is C17H28N4O10. The van der Waals surface area contributed by atoms with Crippen LogP contribution < -0.4 is 21.7 Å². The molecule has 0 fully saturated rings. The molecule has 0 bridgehead atoms. The molecule has 0 saturated carbocycles. The highest BCUT2D eigenvalue weighted by Gasteiger charge is 2.32. The second-order valence-electron chi connectivity index (χ2n) is 7.01. The van der Waals surface area contributed by atoms with E-state index >= 15 is 0 Å². The molecule has 0 rings (SSSR count). The summed E-state index contributed by atoms with van der Waals surface area (Å²) in [6.07, 6.45) is -1.55. The monoisotopic (exact) mass is 448 g/mol. The lowest BCUT2D eigenvalue weighted by Gasteiger charge is -2.24. The van der Waals surface area contributed by atoms with Crippen LogP contribution in [0.5, 0.6) is 0 Å². The molecule has 0 unspecified atom stereocenters. The number of hydrogen-bond acceptors (Lipinski definition) is 8. The molecule has 0 aromatic carbocycles. The van der Waals surface area contributed by atoms with Crippen molar-refractivity contribution >= 4 is 35.6 Å². The lowest BCUT2D eigenvalue weighted by molar-refractivity contribution is -0.144. The quantitative estimate of drug-likeness (QED) is 0.132. The summed E-state index contributed by atoms with van der Waals surface area (Å²) < 4.78 is 0. The van der Waals surface area contributed by atoms with Crippen molar-refractivity contribution in [3.8, 4) is 0 Å². The molecule has 3 amide bonds. The van der Waals surface area contributed by atoms with Crippen LogP contribution in [0.4, 0.5) is 0 Å². The minimum atomic E-state index is -1.70. The highest BCUT2D eigenvalue weighted by molar-refractivity contribution is 5.95. The van der Waals surface area contributed by atoms with Gasteiger partial charge in [0.25, 0.3) is 0 Å². The lowest BCUT2D eigenvalue weighted by atomic mass is 10.0. The first-order chi connectivity index (χ1) is 14.3. The van der Waals surface area contributed by atoms with E-state index in [2.05, 4.69) is 10.6 Å². The zero-order valence-corrected chi connectivity index (χ0v) is 17.0. The Labute approximate surface area is 177 Å². The molecule has 0 spiro atoms. The Morgan fingerprint density at radius 2 is 1.32 bits per heavy atom. The van der Waals surface area contributed by atoms with Gasteiger partial charge in [-0.05, 0) is 12.3 Å². The van der Waals surface area contributed by atoms with E-state index in [1.807, 2.05) is 5.32 Å². The van der Waals surface area contributed by atoms with Crippen molar-refractivity contribution in [3.05, 3.63) is 0 Å². The van der Waals surface area contributed by atoms with Gasteiger partial charge in [-0.25, -0.2) is 4.79 Å². The molecule has 0 aliphatic carbocycles. The fraction of sp³-hybridized carbons (Fsp3) is 0.647. The Bertz CT molecular complexity index is 696. The highest BCUT2D eigenvalue weighted by atomic mass is 16.4. The number of amides is 3. The topological polar surface area (TPSA) is 245 Å². The number of carboxylic acid groups (broad SMARTS) is 3. The molecule has 9 N–H and O–H groups in total. The average Bonchev–Trinajstić information content (AvgIpc) is 2.66. The molecule has 0 heterocycles. The van der Waals surface area contributed by atoms with Crippen molar-refractivity contribution < 1.29 is 49.2 Å². The summed E-state index contributed by atoms with van der Waals surface area (Å²) in [5.41, 5.74) is 5.51. The SMILES string of the molecule is CC(C)[C@H](NC(=O)[C@H](CC(=O)O)NC(=O)[C@H](CO)NC(=O)[C@@H](N)CCC(=O)O)C(=O)O. The average molecular weight is 448 g/mol. The van der Waals surface area contributed by atoms with E-state index in [-0.39, 0.29) is 6.42 Å². The maximum absolute atomic E-state index is 12.3. The van der Waals surface area contributed by atoms with E-state index in [4.69, 9.17) is 21.1 Å². The Morgan fingerprint density at radius 1 is 0.806 bits per heavy atom. The van der Waals surface area contributed by atoms with Gasteiger partial charge in [0.2, 0.25) is 17.7 Å². The molecule has 14 nitrogen and oxygen atoms in total. The Morgan fingerprint density at radius 3 is 1.74 bits per heavy atom. The third kappa shape index (κ3) is 10.4. The number of hydrogen-bond donors (Lipinski definition) is 8. The largest absolute Gasteiger partial charge is 0.481 e. The van der Waals surface area contributed by atoms with E-state index in [1.54, 1.807) is 0 Å². The summed E-state index contributed by atoms with van der Waals surface area (Å²) in [6.45, 7) is 2.08. The van der Waals surface area contributed by atoms with E-state index in [1.165, 1.54) is 13.8 Å². The normalized spacial score (nSPS) is 14.6. The van der Waals surface area contributed by atoms with Crippen LogP contribution in [0.3, 0.4) is 0 Å².